The van der Waals surface area contributed by atoms with Gasteiger partial charge in [-0.25, -0.2) is 9.78 Å². The molecule has 0 atom stereocenters. The molecule has 1 heterocycles. The maximum atomic E-state index is 11.6. The van der Waals surface area contributed by atoms with E-state index in [9.17, 15) is 14.7 Å². The monoisotopic (exact) mass is 376 g/mol. The molecule has 138 valence electrons. The second-order valence-electron chi connectivity index (χ2n) is 5.55. The molecule has 0 bridgehead atoms. The predicted molar refractivity (Wildman–Crippen MR) is 96.8 cm³/mol. The van der Waals surface area contributed by atoms with Crippen molar-refractivity contribution in [3.8, 4) is 11.6 Å². The van der Waals surface area contributed by atoms with Crippen LogP contribution in [-0.4, -0.2) is 38.5 Å². The van der Waals surface area contributed by atoms with Crippen molar-refractivity contribution in [3.63, 3.8) is 0 Å². The van der Waals surface area contributed by atoms with Gasteiger partial charge in [0, 0.05) is 18.0 Å². The fourth-order valence-corrected chi connectivity index (χ4v) is 3.22. The Hall–Kier alpha value is -2.61. The SMILES string of the molecule is CCCc1c(CSc2nccc(OCC(=O)O)n2)ccc(C(C)=O)c1O. The number of nitrogens with zero attached hydrogens (tertiary/aromatic N) is 2. The summed E-state index contributed by atoms with van der Waals surface area (Å²) in [5.74, 6) is -0.525. The van der Waals surface area contributed by atoms with Crippen molar-refractivity contribution >= 4 is 23.5 Å². The van der Waals surface area contributed by atoms with E-state index in [0.717, 1.165) is 17.5 Å². The van der Waals surface area contributed by atoms with Gasteiger partial charge in [-0.2, -0.15) is 4.98 Å². The first-order valence-electron chi connectivity index (χ1n) is 8.07. The van der Waals surface area contributed by atoms with Gasteiger partial charge in [0.1, 0.15) is 5.75 Å². The Morgan fingerprint density at radius 2 is 2.04 bits per heavy atom. The number of carbonyl (C=O) groups excluding carboxylic acids is 1. The molecule has 1 aromatic heterocycles. The highest BCUT2D eigenvalue weighted by Gasteiger charge is 2.15. The third-order valence-corrected chi connectivity index (χ3v) is 4.48. The number of benzene rings is 1. The van der Waals surface area contributed by atoms with Crippen molar-refractivity contribution in [1.82, 2.24) is 9.97 Å². The molecule has 0 saturated heterocycles. The number of carbonyl (C=O) groups is 2. The largest absolute Gasteiger partial charge is 0.507 e. The van der Waals surface area contributed by atoms with E-state index in [1.807, 2.05) is 13.0 Å². The van der Waals surface area contributed by atoms with E-state index >= 15 is 0 Å². The number of ketones is 1. The standard InChI is InChI=1S/C18H20N2O5S/c1-3-4-14-12(5-6-13(11(2)21)17(14)24)10-26-18-19-8-7-15(20-18)25-9-16(22)23/h5-8,24H,3-4,9-10H2,1-2H3,(H,22,23). The number of aromatic nitrogens is 2. The molecule has 7 nitrogen and oxygen atoms in total. The van der Waals surface area contributed by atoms with Crippen LogP contribution in [0.2, 0.25) is 0 Å². The van der Waals surface area contributed by atoms with E-state index < -0.39 is 12.6 Å². The van der Waals surface area contributed by atoms with Crippen LogP contribution in [0.4, 0.5) is 0 Å². The minimum absolute atomic E-state index is 0.0388. The number of phenolic OH excluding ortho intramolecular Hbond substituents is 1. The molecule has 0 aliphatic heterocycles. The second kappa shape index (κ2) is 9.19. The number of hydrogen-bond acceptors (Lipinski definition) is 7. The number of Topliss-reactive ketones (excluding diaryl/α,β-unsaturated/α-hetero) is 1. The topological polar surface area (TPSA) is 110 Å². The van der Waals surface area contributed by atoms with Crippen LogP contribution in [0.3, 0.4) is 0 Å². The molecular formula is C18H20N2O5S. The number of rotatable bonds is 9. The number of ether oxygens (including phenoxy) is 1. The van der Waals surface area contributed by atoms with Gasteiger partial charge in [0.2, 0.25) is 5.88 Å². The van der Waals surface area contributed by atoms with Crippen LogP contribution in [0.25, 0.3) is 0 Å². The Balaban J connectivity index is 2.16. The number of carboxylic acids is 1. The first-order chi connectivity index (χ1) is 12.4. The third-order valence-electron chi connectivity index (χ3n) is 3.57. The van der Waals surface area contributed by atoms with E-state index in [0.29, 0.717) is 22.9 Å². The molecule has 26 heavy (non-hydrogen) atoms. The number of carboxylic acid groups (broad SMARTS) is 1. The van der Waals surface area contributed by atoms with Gasteiger partial charge < -0.3 is 14.9 Å². The second-order valence-corrected chi connectivity index (χ2v) is 6.50. The van der Waals surface area contributed by atoms with Crippen LogP contribution in [0.15, 0.2) is 29.6 Å². The van der Waals surface area contributed by atoms with Crippen LogP contribution >= 0.6 is 11.8 Å². The quantitative estimate of drug-likeness (QED) is 0.390. The van der Waals surface area contributed by atoms with Crippen molar-refractivity contribution in [2.45, 2.75) is 37.6 Å². The highest BCUT2D eigenvalue weighted by molar-refractivity contribution is 7.98. The van der Waals surface area contributed by atoms with Gasteiger partial charge >= 0.3 is 5.97 Å². The molecule has 0 aliphatic rings. The lowest BCUT2D eigenvalue weighted by Gasteiger charge is -2.13. The van der Waals surface area contributed by atoms with Crippen LogP contribution in [0.5, 0.6) is 11.6 Å². The Labute approximate surface area is 155 Å². The summed E-state index contributed by atoms with van der Waals surface area (Å²) >= 11 is 1.34. The molecule has 2 aromatic rings. The molecule has 0 spiro atoms. The lowest BCUT2D eigenvalue weighted by Crippen LogP contribution is -2.10. The van der Waals surface area contributed by atoms with Crippen molar-refractivity contribution in [3.05, 3.63) is 41.1 Å². The zero-order chi connectivity index (χ0) is 19.1. The molecular weight excluding hydrogens is 356 g/mol. The van der Waals surface area contributed by atoms with E-state index in [-0.39, 0.29) is 17.4 Å². The van der Waals surface area contributed by atoms with E-state index in [2.05, 4.69) is 9.97 Å². The Morgan fingerprint density at radius 3 is 2.69 bits per heavy atom. The number of hydrogen-bond donors (Lipinski definition) is 2. The van der Waals surface area contributed by atoms with Crippen LogP contribution in [0.1, 0.15) is 41.8 Å². The molecule has 0 amide bonds. The van der Waals surface area contributed by atoms with Crippen molar-refractivity contribution < 1.29 is 24.5 Å². The van der Waals surface area contributed by atoms with E-state index in [1.54, 1.807) is 6.07 Å². The fraction of sp³-hybridized carbons (Fsp3) is 0.333. The van der Waals surface area contributed by atoms with Crippen molar-refractivity contribution in [2.24, 2.45) is 0 Å². The average Bonchev–Trinajstić information content (AvgIpc) is 2.60. The first-order valence-corrected chi connectivity index (χ1v) is 9.06. The Morgan fingerprint density at radius 1 is 1.27 bits per heavy atom. The zero-order valence-electron chi connectivity index (χ0n) is 14.6. The zero-order valence-corrected chi connectivity index (χ0v) is 15.4. The number of phenols is 1. The number of aliphatic carboxylic acids is 1. The Kier molecular flexibility index (Phi) is 6.97. The smallest absolute Gasteiger partial charge is 0.341 e. The summed E-state index contributed by atoms with van der Waals surface area (Å²) < 4.78 is 5.04. The molecule has 0 fully saturated rings. The van der Waals surface area contributed by atoms with Gasteiger partial charge in [-0.15, -0.1) is 0 Å². The summed E-state index contributed by atoms with van der Waals surface area (Å²) in [7, 11) is 0. The highest BCUT2D eigenvalue weighted by atomic mass is 32.2. The molecule has 2 rings (SSSR count). The fourth-order valence-electron chi connectivity index (χ4n) is 2.38. The maximum absolute atomic E-state index is 11.6. The molecule has 1 aromatic carbocycles. The maximum Gasteiger partial charge on any atom is 0.341 e. The average molecular weight is 376 g/mol. The highest BCUT2D eigenvalue weighted by Crippen LogP contribution is 2.31. The molecule has 8 heteroatoms. The van der Waals surface area contributed by atoms with Gasteiger partial charge in [0.05, 0.1) is 5.56 Å². The van der Waals surface area contributed by atoms with Crippen LogP contribution in [-0.2, 0) is 17.0 Å². The van der Waals surface area contributed by atoms with Crippen molar-refractivity contribution in [2.75, 3.05) is 6.61 Å². The molecule has 0 radical (unpaired) electrons. The van der Waals surface area contributed by atoms with Gasteiger partial charge in [-0.05, 0) is 30.5 Å². The minimum atomic E-state index is -1.08. The van der Waals surface area contributed by atoms with E-state index in [1.165, 1.54) is 30.9 Å². The number of thioether (sulfide) groups is 1. The minimum Gasteiger partial charge on any atom is -0.507 e. The summed E-state index contributed by atoms with van der Waals surface area (Å²) in [6.45, 7) is 2.96. The summed E-state index contributed by atoms with van der Waals surface area (Å²) in [6, 6.07) is 4.95. The number of aromatic hydroxyl groups is 1. The van der Waals surface area contributed by atoms with Gasteiger partial charge in [-0.1, -0.05) is 31.2 Å². The lowest BCUT2D eigenvalue weighted by molar-refractivity contribution is -0.139. The molecule has 0 aliphatic carbocycles. The molecule has 2 N–H and O–H groups in total. The summed E-state index contributed by atoms with van der Waals surface area (Å²) in [6.07, 6.45) is 2.99. The van der Waals surface area contributed by atoms with Gasteiger partial charge in [-0.3, -0.25) is 4.79 Å². The predicted octanol–water partition coefficient (Wildman–Crippen LogP) is 3.09. The first kappa shape index (κ1) is 19.7. The lowest BCUT2D eigenvalue weighted by atomic mass is 9.98. The van der Waals surface area contributed by atoms with Crippen LogP contribution < -0.4 is 4.74 Å². The molecule has 0 saturated carbocycles. The van der Waals surface area contributed by atoms with Gasteiger partial charge in [0.15, 0.2) is 17.5 Å². The van der Waals surface area contributed by atoms with Crippen molar-refractivity contribution in [1.29, 1.82) is 0 Å². The summed E-state index contributed by atoms with van der Waals surface area (Å²) in [5.41, 5.74) is 1.98. The summed E-state index contributed by atoms with van der Waals surface area (Å²) in [4.78, 5) is 30.5. The van der Waals surface area contributed by atoms with Crippen LogP contribution in [0, 0.1) is 0 Å². The third kappa shape index (κ3) is 5.19. The summed E-state index contributed by atoms with van der Waals surface area (Å²) in [5, 5.41) is 19.5. The van der Waals surface area contributed by atoms with E-state index in [4.69, 9.17) is 9.84 Å². The normalized spacial score (nSPS) is 10.5. The molecule has 0 unspecified atom stereocenters. The Bertz CT molecular complexity index is 810. The van der Waals surface area contributed by atoms with Gasteiger partial charge in [0.25, 0.3) is 0 Å².